The summed E-state index contributed by atoms with van der Waals surface area (Å²) in [6.45, 7) is 17.1. The monoisotopic (exact) mass is 1300 g/mol. The Morgan fingerprint density at radius 3 is 1.00 bits per heavy atom. The molecule has 496 valence electrons. The number of aryl methyl sites for hydroxylation is 3. The number of ether oxygens (including phenoxy) is 1. The van der Waals surface area contributed by atoms with Crippen LogP contribution in [0.4, 0.5) is 30.6 Å². The van der Waals surface area contributed by atoms with Crippen LogP contribution in [0.5, 0.6) is 0 Å². The average Bonchev–Trinajstić information content (AvgIpc) is 1.66. The number of hydrogen-bond acceptors (Lipinski definition) is 13. The van der Waals surface area contributed by atoms with Crippen LogP contribution in [-0.4, -0.2) is 78.0 Å². The van der Waals surface area contributed by atoms with Crippen molar-refractivity contribution >= 4 is 52.9 Å². The van der Waals surface area contributed by atoms with Crippen molar-refractivity contribution in [3.63, 3.8) is 0 Å². The van der Waals surface area contributed by atoms with Crippen molar-refractivity contribution in [2.45, 2.75) is 106 Å². The predicted molar refractivity (Wildman–Crippen MR) is 358 cm³/mol. The molecule has 3 aromatic heterocycles. The topological polar surface area (TPSA) is 357 Å². The summed E-state index contributed by atoms with van der Waals surface area (Å²) in [4.78, 5) is 73.2. The lowest BCUT2D eigenvalue weighted by Gasteiger charge is -2.28. The van der Waals surface area contributed by atoms with Crippen LogP contribution in [0.2, 0.25) is 0 Å². The van der Waals surface area contributed by atoms with Gasteiger partial charge in [-0.2, -0.15) is 15.3 Å². The third kappa shape index (κ3) is 16.6. The number of hydrogen-bond donors (Lipinski definition) is 9. The molecule has 6 aromatic carbocycles. The highest BCUT2D eigenvalue weighted by atomic mass is 19.1. The minimum Gasteiger partial charge on any atom is -0.383 e. The Bertz CT molecular complexity index is 4130. The molecule has 6 amide bonds. The molecule has 1 aliphatic heterocycles. The molecule has 1 fully saturated rings. The summed E-state index contributed by atoms with van der Waals surface area (Å²) in [5, 5.41) is 21.9. The lowest BCUT2D eigenvalue weighted by Crippen LogP contribution is -2.26. The first kappa shape index (κ1) is 69.8. The molecule has 1 aliphatic rings. The molecule has 0 saturated carbocycles. The first-order chi connectivity index (χ1) is 45.1. The molecular weight excluding hydrogens is 1220 g/mol. The van der Waals surface area contributed by atoms with Crippen molar-refractivity contribution in [1.82, 2.24) is 45.3 Å². The fourth-order valence-electron chi connectivity index (χ4n) is 10.9. The van der Waals surface area contributed by atoms with Gasteiger partial charge in [-0.15, -0.1) is 0 Å². The molecule has 4 heterocycles. The van der Waals surface area contributed by atoms with Crippen molar-refractivity contribution in [3.8, 4) is 33.8 Å². The van der Waals surface area contributed by atoms with E-state index in [1.54, 1.807) is 77.3 Å². The van der Waals surface area contributed by atoms with Crippen LogP contribution in [0, 0.1) is 44.1 Å². The van der Waals surface area contributed by atoms with E-state index >= 15 is 0 Å². The van der Waals surface area contributed by atoms with Gasteiger partial charge in [0.05, 0.1) is 6.04 Å². The van der Waals surface area contributed by atoms with Crippen molar-refractivity contribution in [2.24, 2.45) is 23.1 Å². The van der Waals surface area contributed by atoms with Gasteiger partial charge in [0.25, 0.3) is 35.4 Å². The number of nitrogens with one attached hydrogen (secondary N) is 3. The van der Waals surface area contributed by atoms with E-state index in [4.69, 9.17) is 39.1 Å². The number of nitrogen functional groups attached to an aromatic ring is 3. The molecular formula is C70H78F3N15O7. The van der Waals surface area contributed by atoms with Crippen molar-refractivity contribution in [1.29, 1.82) is 0 Å². The number of carbonyl (C=O) groups is 6. The smallest absolute Gasteiger partial charge is 0.254 e. The molecule has 9 aromatic rings. The minimum absolute atomic E-state index is 0.00786. The lowest BCUT2D eigenvalue weighted by molar-refractivity contribution is 0.0499. The quantitative estimate of drug-likeness (QED) is 0.0364. The summed E-state index contributed by atoms with van der Waals surface area (Å²) in [6.07, 6.45) is 1.80. The number of primary amides is 3. The van der Waals surface area contributed by atoms with Gasteiger partial charge in [-0.05, 0) is 144 Å². The number of nitrogens with zero attached hydrogens (tertiary/aromatic N) is 6. The first-order valence-electron chi connectivity index (χ1n) is 30.7. The summed E-state index contributed by atoms with van der Waals surface area (Å²) in [5.41, 5.74) is 44.5. The van der Waals surface area contributed by atoms with Crippen LogP contribution in [-0.2, 0) is 24.4 Å². The number of aromatic nitrogens is 6. The Labute approximate surface area is 547 Å². The Morgan fingerprint density at radius 2 is 0.726 bits per heavy atom. The summed E-state index contributed by atoms with van der Waals surface area (Å²) in [5.74, 6) is -3.29. The normalized spacial score (nSPS) is 12.5. The number of anilines is 3. The van der Waals surface area contributed by atoms with E-state index < -0.39 is 35.2 Å². The Balaban J connectivity index is 0.000000183. The molecule has 25 heteroatoms. The van der Waals surface area contributed by atoms with Gasteiger partial charge < -0.3 is 55.1 Å². The number of amides is 6. The number of halogens is 3. The van der Waals surface area contributed by atoms with Crippen LogP contribution in [0.25, 0.3) is 33.8 Å². The van der Waals surface area contributed by atoms with Gasteiger partial charge in [-0.3, -0.25) is 28.8 Å². The number of benzene rings is 6. The molecule has 1 unspecified atom stereocenters. The highest BCUT2D eigenvalue weighted by Crippen LogP contribution is 2.35. The van der Waals surface area contributed by atoms with Crippen LogP contribution < -0.4 is 50.4 Å². The van der Waals surface area contributed by atoms with Crippen molar-refractivity contribution in [2.75, 3.05) is 30.4 Å². The summed E-state index contributed by atoms with van der Waals surface area (Å²) in [7, 11) is 0. The molecule has 0 aliphatic carbocycles. The van der Waals surface area contributed by atoms with Crippen molar-refractivity contribution < 1.29 is 46.7 Å². The summed E-state index contributed by atoms with van der Waals surface area (Å²) >= 11 is 0. The second-order valence-electron chi connectivity index (χ2n) is 23.6. The van der Waals surface area contributed by atoms with E-state index in [2.05, 4.69) is 31.2 Å². The molecule has 0 radical (unpaired) electrons. The number of nitrogens with two attached hydrogens (primary N) is 6. The minimum atomic E-state index is -0.642. The Kier molecular flexibility index (Phi) is 22.5. The maximum atomic E-state index is 13.5. The summed E-state index contributed by atoms with van der Waals surface area (Å²) in [6, 6.07) is 33.9. The molecule has 22 nitrogen and oxygen atoms in total. The molecule has 95 heavy (non-hydrogen) atoms. The maximum absolute atomic E-state index is 13.5. The zero-order chi connectivity index (χ0) is 69.1. The largest absolute Gasteiger partial charge is 0.383 e. The average molecular weight is 1300 g/mol. The van der Waals surface area contributed by atoms with E-state index in [0.717, 1.165) is 29.5 Å². The van der Waals surface area contributed by atoms with Crippen LogP contribution in [0.15, 0.2) is 127 Å². The van der Waals surface area contributed by atoms with Gasteiger partial charge in [0.2, 0.25) is 0 Å². The van der Waals surface area contributed by atoms with Crippen LogP contribution >= 0.6 is 0 Å². The second kappa shape index (κ2) is 30.6. The van der Waals surface area contributed by atoms with Gasteiger partial charge in [-0.1, -0.05) is 91.0 Å². The van der Waals surface area contributed by atoms with Gasteiger partial charge in [-0.25, -0.2) is 27.2 Å². The van der Waals surface area contributed by atoms with E-state index in [9.17, 15) is 41.9 Å². The Hall–Kier alpha value is -11.1. The van der Waals surface area contributed by atoms with Crippen LogP contribution in [0.1, 0.15) is 161 Å². The first-order valence-corrected chi connectivity index (χ1v) is 30.7. The van der Waals surface area contributed by atoms with Crippen LogP contribution in [0.3, 0.4) is 0 Å². The summed E-state index contributed by atoms with van der Waals surface area (Å²) < 4.78 is 50.6. The highest BCUT2D eigenvalue weighted by Gasteiger charge is 2.30. The zero-order valence-electron chi connectivity index (χ0n) is 54.0. The third-order valence-corrected chi connectivity index (χ3v) is 16.3. The third-order valence-electron chi connectivity index (χ3n) is 16.3. The maximum Gasteiger partial charge on any atom is 0.254 e. The zero-order valence-corrected chi connectivity index (χ0v) is 54.0. The van der Waals surface area contributed by atoms with E-state index in [0.29, 0.717) is 86.3 Å². The lowest BCUT2D eigenvalue weighted by atomic mass is 9.93. The Morgan fingerprint density at radius 1 is 0.453 bits per heavy atom. The highest BCUT2D eigenvalue weighted by molar-refractivity contribution is 6.05. The molecule has 1 saturated heterocycles. The van der Waals surface area contributed by atoms with E-state index in [1.807, 2.05) is 83.1 Å². The van der Waals surface area contributed by atoms with Gasteiger partial charge in [0, 0.05) is 78.3 Å². The van der Waals surface area contributed by atoms with E-state index in [1.165, 1.54) is 36.4 Å². The molecule has 1 atom stereocenters. The standard InChI is InChI=1S/C26H30FN5O3.2C22H24FN5O2/c1-15-3-8-20(27)13-21(15)26(34)30-14-17-4-6-19(7-5-17)23-22(25(29)33)24(28)32(31-23)16(2)18-9-11-35-12-10-18;2*1-12(2)28-20(24)18(21(25)29)19(27-28)15-7-5-14(6-8-15)11-26-22(30)17-10-16(23)9-4-13(17)3/h3-8,13,16,18H,9-12,14,28H2,1-2H3,(H2,29,33)(H,30,34);2*4-10,12H,11,24H2,1-3H3,(H2,25,29)(H,26,30). The fourth-order valence-corrected chi connectivity index (χ4v) is 10.9. The number of rotatable bonds is 19. The predicted octanol–water partition coefficient (Wildman–Crippen LogP) is 9.98. The van der Waals surface area contributed by atoms with Gasteiger partial charge >= 0.3 is 0 Å². The fraction of sp³-hybridized carbons (Fsp3) is 0.271. The molecule has 10 rings (SSSR count). The molecule has 0 spiro atoms. The van der Waals surface area contributed by atoms with Gasteiger partial charge in [0.1, 0.15) is 68.7 Å². The molecule has 15 N–H and O–H groups in total. The van der Waals surface area contributed by atoms with Crippen molar-refractivity contribution in [3.05, 3.63) is 212 Å². The van der Waals surface area contributed by atoms with E-state index in [-0.39, 0.29) is 89.6 Å². The van der Waals surface area contributed by atoms with Gasteiger partial charge in [0.15, 0.2) is 0 Å². The molecule has 0 bridgehead atoms. The second-order valence-corrected chi connectivity index (χ2v) is 23.6. The SMILES string of the molecule is Cc1ccc(F)cc1C(=O)NCc1ccc(-c2nn(C(C)C)c(N)c2C(N)=O)cc1.Cc1ccc(F)cc1C(=O)NCc1ccc(-c2nn(C(C)C)c(N)c2C(N)=O)cc1.Cc1ccc(F)cc1C(=O)NCc1ccc(-c2nn(C(C)C3CCOCC3)c(N)c2C(N)=O)cc1. The number of carbonyl (C=O) groups excluding carboxylic acids is 6.